The van der Waals surface area contributed by atoms with E-state index in [0.717, 1.165) is 0 Å². The van der Waals surface area contributed by atoms with Gasteiger partial charge in [0.25, 0.3) is 11.6 Å². The molecule has 10 heteroatoms. The van der Waals surface area contributed by atoms with Gasteiger partial charge >= 0.3 is 5.97 Å². The van der Waals surface area contributed by atoms with E-state index in [-0.39, 0.29) is 30.3 Å². The van der Waals surface area contributed by atoms with Crippen LogP contribution in [-0.2, 0) is 14.3 Å². The lowest BCUT2D eigenvalue weighted by atomic mass is 10.2. The second kappa shape index (κ2) is 8.70. The molecule has 1 aromatic heterocycles. The molecule has 138 valence electrons. The SMILES string of the molecule is CC(OC(=O)CCCCC(N)=O)c1nnc(-c2ccc([N+](=O)[O-])cc2)o1. The quantitative estimate of drug-likeness (QED) is 0.309. The lowest BCUT2D eigenvalue weighted by Crippen LogP contribution is -2.11. The Bertz CT molecular complexity index is 786. The van der Waals surface area contributed by atoms with Crippen LogP contribution in [0.1, 0.15) is 44.6 Å². The zero-order valence-electron chi connectivity index (χ0n) is 14.1. The van der Waals surface area contributed by atoms with Crippen molar-refractivity contribution in [1.82, 2.24) is 10.2 Å². The Hall–Kier alpha value is -3.30. The lowest BCUT2D eigenvalue weighted by molar-refractivity contribution is -0.384. The topological polar surface area (TPSA) is 151 Å². The van der Waals surface area contributed by atoms with Gasteiger partial charge in [-0.3, -0.25) is 19.7 Å². The molecule has 1 unspecified atom stereocenters. The maximum Gasteiger partial charge on any atom is 0.306 e. The number of hydrogen-bond acceptors (Lipinski definition) is 8. The maximum absolute atomic E-state index is 11.8. The van der Waals surface area contributed by atoms with Crippen LogP contribution in [-0.4, -0.2) is 27.0 Å². The molecule has 10 nitrogen and oxygen atoms in total. The minimum absolute atomic E-state index is 0.0490. The molecule has 0 radical (unpaired) electrons. The number of primary amides is 1. The van der Waals surface area contributed by atoms with Gasteiger partial charge in [-0.2, -0.15) is 0 Å². The monoisotopic (exact) mass is 362 g/mol. The molecule has 2 N–H and O–H groups in total. The highest BCUT2D eigenvalue weighted by molar-refractivity contribution is 5.73. The first-order valence-corrected chi connectivity index (χ1v) is 7.93. The Kier molecular flexibility index (Phi) is 6.36. The molecule has 0 aliphatic rings. The molecule has 2 rings (SSSR count). The minimum Gasteiger partial charge on any atom is -0.453 e. The third-order valence-electron chi connectivity index (χ3n) is 3.48. The van der Waals surface area contributed by atoms with Gasteiger partial charge in [-0.05, 0) is 31.9 Å². The van der Waals surface area contributed by atoms with E-state index in [0.29, 0.717) is 18.4 Å². The van der Waals surface area contributed by atoms with Crippen LogP contribution < -0.4 is 5.73 Å². The predicted octanol–water partition coefficient (Wildman–Crippen LogP) is 2.29. The van der Waals surface area contributed by atoms with E-state index in [1.165, 1.54) is 24.3 Å². The number of rotatable bonds is 9. The fourth-order valence-corrected chi connectivity index (χ4v) is 2.12. The van der Waals surface area contributed by atoms with Crippen molar-refractivity contribution in [2.75, 3.05) is 0 Å². The Labute approximate surface area is 148 Å². The number of carbonyl (C=O) groups is 2. The zero-order valence-corrected chi connectivity index (χ0v) is 14.1. The molecule has 26 heavy (non-hydrogen) atoms. The van der Waals surface area contributed by atoms with Gasteiger partial charge in [-0.15, -0.1) is 10.2 Å². The van der Waals surface area contributed by atoms with Gasteiger partial charge in [0.1, 0.15) is 0 Å². The number of non-ortho nitro benzene ring substituents is 1. The number of amides is 1. The summed E-state index contributed by atoms with van der Waals surface area (Å²) < 4.78 is 10.7. The van der Waals surface area contributed by atoms with Crippen LogP contribution in [0.15, 0.2) is 28.7 Å². The maximum atomic E-state index is 11.8. The molecule has 0 bridgehead atoms. The van der Waals surface area contributed by atoms with Crippen LogP contribution in [0, 0.1) is 10.1 Å². The van der Waals surface area contributed by atoms with Crippen LogP contribution in [0.25, 0.3) is 11.5 Å². The van der Waals surface area contributed by atoms with Crippen LogP contribution in [0.3, 0.4) is 0 Å². The van der Waals surface area contributed by atoms with Gasteiger partial charge in [-0.25, -0.2) is 0 Å². The molecule has 2 aromatic rings. The molecule has 0 saturated heterocycles. The number of unbranched alkanes of at least 4 members (excludes halogenated alkanes) is 1. The molecule has 1 amide bonds. The number of nitrogens with two attached hydrogens (primary N) is 1. The van der Waals surface area contributed by atoms with Crippen molar-refractivity contribution in [3.8, 4) is 11.5 Å². The Morgan fingerprint density at radius 3 is 2.50 bits per heavy atom. The number of ether oxygens (including phenoxy) is 1. The van der Waals surface area contributed by atoms with E-state index in [4.69, 9.17) is 14.9 Å². The summed E-state index contributed by atoms with van der Waals surface area (Å²) in [5, 5.41) is 18.3. The van der Waals surface area contributed by atoms with E-state index in [9.17, 15) is 19.7 Å². The zero-order chi connectivity index (χ0) is 19.1. The summed E-state index contributed by atoms with van der Waals surface area (Å²) in [4.78, 5) is 32.5. The van der Waals surface area contributed by atoms with Crippen molar-refractivity contribution < 1.29 is 23.7 Å². The summed E-state index contributed by atoms with van der Waals surface area (Å²) in [7, 11) is 0. The first-order valence-electron chi connectivity index (χ1n) is 7.93. The van der Waals surface area contributed by atoms with Gasteiger partial charge in [0.2, 0.25) is 11.8 Å². The van der Waals surface area contributed by atoms with Gasteiger partial charge in [-0.1, -0.05) is 0 Å². The van der Waals surface area contributed by atoms with E-state index in [1.807, 2.05) is 0 Å². The Morgan fingerprint density at radius 1 is 1.23 bits per heavy atom. The first-order chi connectivity index (χ1) is 12.4. The fraction of sp³-hybridized carbons (Fsp3) is 0.375. The summed E-state index contributed by atoms with van der Waals surface area (Å²) in [6.45, 7) is 1.59. The summed E-state index contributed by atoms with van der Waals surface area (Å²) >= 11 is 0. The third-order valence-corrected chi connectivity index (χ3v) is 3.48. The standard InChI is InChI=1S/C16H18N4O6/c1-10(25-14(22)5-3-2-4-13(17)21)15-18-19-16(26-15)11-6-8-12(9-7-11)20(23)24/h6-10H,2-5H2,1H3,(H2,17,21). The van der Waals surface area contributed by atoms with Gasteiger partial charge < -0.3 is 14.9 Å². The highest BCUT2D eigenvalue weighted by Gasteiger charge is 2.19. The highest BCUT2D eigenvalue weighted by atomic mass is 16.6. The molecule has 0 aliphatic heterocycles. The average Bonchev–Trinajstić information content (AvgIpc) is 3.09. The summed E-state index contributed by atoms with van der Waals surface area (Å²) in [6, 6.07) is 5.64. The number of benzene rings is 1. The van der Waals surface area contributed by atoms with Crippen molar-refractivity contribution in [2.45, 2.75) is 38.7 Å². The summed E-state index contributed by atoms with van der Waals surface area (Å²) in [5.74, 6) is -0.573. The van der Waals surface area contributed by atoms with Crippen molar-refractivity contribution in [1.29, 1.82) is 0 Å². The number of nitro benzene ring substituents is 1. The van der Waals surface area contributed by atoms with Crippen molar-refractivity contribution in [3.63, 3.8) is 0 Å². The molecule has 0 spiro atoms. The number of nitro groups is 1. The van der Waals surface area contributed by atoms with Gasteiger partial charge in [0, 0.05) is 30.5 Å². The molecular weight excluding hydrogens is 344 g/mol. The predicted molar refractivity (Wildman–Crippen MR) is 88.6 cm³/mol. The number of esters is 1. The van der Waals surface area contributed by atoms with Crippen molar-refractivity contribution in [2.24, 2.45) is 5.73 Å². The molecule has 0 aliphatic carbocycles. The first kappa shape index (κ1) is 19.0. The molecular formula is C16H18N4O6. The summed E-state index contributed by atoms with van der Waals surface area (Å²) in [6.07, 6.45) is 0.653. The van der Waals surface area contributed by atoms with Gasteiger partial charge in [0.05, 0.1) is 4.92 Å². The van der Waals surface area contributed by atoms with E-state index in [2.05, 4.69) is 10.2 Å². The van der Waals surface area contributed by atoms with Crippen molar-refractivity contribution in [3.05, 3.63) is 40.3 Å². The van der Waals surface area contributed by atoms with Crippen molar-refractivity contribution >= 4 is 17.6 Å². The van der Waals surface area contributed by atoms with Crippen LogP contribution >= 0.6 is 0 Å². The number of nitrogens with zero attached hydrogens (tertiary/aromatic N) is 3. The average molecular weight is 362 g/mol. The second-order valence-electron chi connectivity index (χ2n) is 5.55. The second-order valence-corrected chi connectivity index (χ2v) is 5.55. The summed E-state index contributed by atoms with van der Waals surface area (Å²) in [5.41, 5.74) is 5.49. The lowest BCUT2D eigenvalue weighted by Gasteiger charge is -2.09. The normalized spacial score (nSPS) is 11.7. The number of aromatic nitrogens is 2. The Balaban J connectivity index is 1.90. The van der Waals surface area contributed by atoms with E-state index >= 15 is 0 Å². The van der Waals surface area contributed by atoms with E-state index < -0.39 is 22.9 Å². The fourth-order valence-electron chi connectivity index (χ4n) is 2.12. The number of hydrogen-bond donors (Lipinski definition) is 1. The van der Waals surface area contributed by atoms with Gasteiger partial charge in [0.15, 0.2) is 6.10 Å². The molecule has 1 heterocycles. The molecule has 1 aromatic carbocycles. The minimum atomic E-state index is -0.738. The molecule has 0 saturated carbocycles. The third kappa shape index (κ3) is 5.36. The largest absolute Gasteiger partial charge is 0.453 e. The van der Waals surface area contributed by atoms with Crippen LogP contribution in [0.2, 0.25) is 0 Å². The highest BCUT2D eigenvalue weighted by Crippen LogP contribution is 2.24. The molecule has 0 fully saturated rings. The van der Waals surface area contributed by atoms with E-state index in [1.54, 1.807) is 6.92 Å². The van der Waals surface area contributed by atoms with Crippen LogP contribution in [0.4, 0.5) is 5.69 Å². The number of carbonyl (C=O) groups excluding carboxylic acids is 2. The smallest absolute Gasteiger partial charge is 0.306 e. The molecule has 1 atom stereocenters. The Morgan fingerprint density at radius 2 is 1.88 bits per heavy atom. The van der Waals surface area contributed by atoms with Crippen LogP contribution in [0.5, 0.6) is 0 Å².